The van der Waals surface area contributed by atoms with Crippen LogP contribution in [0, 0.1) is 0 Å². The van der Waals surface area contributed by atoms with Gasteiger partial charge in [0.25, 0.3) is 0 Å². The number of para-hydroxylation sites is 1. The summed E-state index contributed by atoms with van der Waals surface area (Å²) in [7, 11) is 0. The number of nitrogens with zero attached hydrogens (tertiary/aromatic N) is 5. The molecule has 8 heteroatoms. The summed E-state index contributed by atoms with van der Waals surface area (Å²) in [6.07, 6.45) is 1.63. The molecule has 3 heterocycles. The van der Waals surface area contributed by atoms with Crippen LogP contribution in [0.4, 0.5) is 5.69 Å². The van der Waals surface area contributed by atoms with E-state index >= 15 is 0 Å². The van der Waals surface area contributed by atoms with Crippen molar-refractivity contribution in [1.29, 1.82) is 0 Å². The first-order valence-corrected chi connectivity index (χ1v) is 12.0. The lowest BCUT2D eigenvalue weighted by molar-refractivity contribution is -0.128. The van der Waals surface area contributed by atoms with E-state index in [-0.39, 0.29) is 5.91 Å². The molecule has 2 aromatic carbocycles. The molecule has 0 spiro atoms. The van der Waals surface area contributed by atoms with E-state index in [9.17, 15) is 4.79 Å². The van der Waals surface area contributed by atoms with Crippen LogP contribution >= 0.6 is 11.8 Å². The number of piperazine rings is 1. The highest BCUT2D eigenvalue weighted by atomic mass is 32.2. The smallest absolute Gasteiger partial charge is 0.233 e. The van der Waals surface area contributed by atoms with E-state index < -0.39 is 0 Å². The van der Waals surface area contributed by atoms with Crippen molar-refractivity contribution < 1.29 is 9.21 Å². The second kappa shape index (κ2) is 9.95. The molecule has 5 rings (SSSR count). The Kier molecular flexibility index (Phi) is 6.44. The van der Waals surface area contributed by atoms with Gasteiger partial charge in [-0.25, -0.2) is 0 Å². The summed E-state index contributed by atoms with van der Waals surface area (Å²) in [5.74, 6) is 1.78. The number of carbonyl (C=O) groups excluding carboxylic acids is 1. The average Bonchev–Trinajstić information content (AvgIpc) is 3.54. The maximum atomic E-state index is 12.9. The zero-order valence-corrected chi connectivity index (χ0v) is 19.0. The molecule has 2 aromatic heterocycles. The predicted molar refractivity (Wildman–Crippen MR) is 129 cm³/mol. The molecule has 168 valence electrons. The maximum absolute atomic E-state index is 12.9. The number of amides is 1. The van der Waals surface area contributed by atoms with Gasteiger partial charge in [-0.3, -0.25) is 9.36 Å². The van der Waals surface area contributed by atoms with E-state index in [2.05, 4.69) is 39.4 Å². The maximum Gasteiger partial charge on any atom is 0.233 e. The fourth-order valence-electron chi connectivity index (χ4n) is 3.96. The van der Waals surface area contributed by atoms with Crippen LogP contribution in [0.2, 0.25) is 0 Å². The highest BCUT2D eigenvalue weighted by Crippen LogP contribution is 2.26. The number of anilines is 1. The summed E-state index contributed by atoms with van der Waals surface area (Å²) in [4.78, 5) is 17.2. The number of aromatic nitrogens is 3. The Hall–Kier alpha value is -3.52. The summed E-state index contributed by atoms with van der Waals surface area (Å²) in [6, 6.07) is 24.2. The van der Waals surface area contributed by atoms with Gasteiger partial charge >= 0.3 is 0 Å². The third-order valence-corrected chi connectivity index (χ3v) is 6.67. The Morgan fingerprint density at radius 1 is 0.879 bits per heavy atom. The van der Waals surface area contributed by atoms with Crippen molar-refractivity contribution in [3.8, 4) is 11.6 Å². The zero-order chi connectivity index (χ0) is 22.5. The molecule has 0 unspecified atom stereocenters. The molecule has 1 aliphatic rings. The highest BCUT2D eigenvalue weighted by molar-refractivity contribution is 7.99. The van der Waals surface area contributed by atoms with Crippen LogP contribution in [0.15, 0.2) is 88.6 Å². The standard InChI is InChI=1S/C25H25N5O2S/c31-23(29-15-13-28(14-16-29)21-10-5-2-6-11-21)19-33-25-27-26-24(22-12-7-17-32-22)30(25)18-20-8-3-1-4-9-20/h1-12,17H,13-16,18-19H2. The SMILES string of the molecule is O=C(CSc1nnc(-c2ccco2)n1Cc1ccccc1)N1CCN(c2ccccc2)CC1. The van der Waals surface area contributed by atoms with Crippen LogP contribution in [0.3, 0.4) is 0 Å². The Morgan fingerprint density at radius 3 is 2.30 bits per heavy atom. The van der Waals surface area contributed by atoms with E-state index in [1.807, 2.05) is 58.0 Å². The van der Waals surface area contributed by atoms with Crippen LogP contribution in [-0.2, 0) is 11.3 Å². The van der Waals surface area contributed by atoms with Crippen LogP contribution in [0.5, 0.6) is 0 Å². The third kappa shape index (κ3) is 4.96. The van der Waals surface area contributed by atoms with Crippen LogP contribution in [0.1, 0.15) is 5.56 Å². The molecule has 0 aliphatic carbocycles. The molecule has 1 saturated heterocycles. The fourth-order valence-corrected chi connectivity index (χ4v) is 4.80. The van der Waals surface area contributed by atoms with Crippen molar-refractivity contribution in [2.75, 3.05) is 36.8 Å². The van der Waals surface area contributed by atoms with Crippen LogP contribution in [0.25, 0.3) is 11.6 Å². The Labute approximate surface area is 197 Å². The normalized spacial score (nSPS) is 13.9. The Balaban J connectivity index is 1.24. The molecule has 33 heavy (non-hydrogen) atoms. The van der Waals surface area contributed by atoms with E-state index in [0.29, 0.717) is 29.0 Å². The van der Waals surface area contributed by atoms with E-state index in [4.69, 9.17) is 4.42 Å². The number of carbonyl (C=O) groups is 1. The monoisotopic (exact) mass is 459 g/mol. The van der Waals surface area contributed by atoms with E-state index in [1.54, 1.807) is 6.26 Å². The van der Waals surface area contributed by atoms with E-state index in [0.717, 1.165) is 31.7 Å². The second-order valence-corrected chi connectivity index (χ2v) is 8.79. The molecule has 0 bridgehead atoms. The van der Waals surface area contributed by atoms with Crippen molar-refractivity contribution >= 4 is 23.4 Å². The summed E-state index contributed by atoms with van der Waals surface area (Å²) >= 11 is 1.43. The number of rotatable bonds is 7. The van der Waals surface area contributed by atoms with Crippen molar-refractivity contribution in [2.24, 2.45) is 0 Å². The van der Waals surface area contributed by atoms with Crippen LogP contribution in [-0.4, -0.2) is 57.5 Å². The summed E-state index contributed by atoms with van der Waals surface area (Å²) in [6.45, 7) is 3.74. The van der Waals surface area contributed by atoms with Gasteiger partial charge < -0.3 is 14.2 Å². The lowest BCUT2D eigenvalue weighted by Gasteiger charge is -2.36. The van der Waals surface area contributed by atoms with E-state index in [1.165, 1.54) is 17.4 Å². The molecule has 1 aliphatic heterocycles. The van der Waals surface area contributed by atoms with Crippen molar-refractivity contribution in [1.82, 2.24) is 19.7 Å². The molecule has 4 aromatic rings. The number of hydrogen-bond donors (Lipinski definition) is 0. The molecular weight excluding hydrogens is 434 g/mol. The van der Waals surface area contributed by atoms with Crippen molar-refractivity contribution in [2.45, 2.75) is 11.7 Å². The number of hydrogen-bond acceptors (Lipinski definition) is 6. The lowest BCUT2D eigenvalue weighted by Crippen LogP contribution is -2.49. The van der Waals surface area contributed by atoms with Gasteiger partial charge in [0.05, 0.1) is 18.6 Å². The Morgan fingerprint density at radius 2 is 1.61 bits per heavy atom. The zero-order valence-electron chi connectivity index (χ0n) is 18.2. The largest absolute Gasteiger partial charge is 0.461 e. The van der Waals surface area contributed by atoms with Gasteiger partial charge in [0.15, 0.2) is 10.9 Å². The third-order valence-electron chi connectivity index (χ3n) is 5.72. The van der Waals surface area contributed by atoms with Crippen molar-refractivity contribution in [3.05, 3.63) is 84.6 Å². The minimum atomic E-state index is 0.126. The molecule has 0 atom stereocenters. The van der Waals surface area contributed by atoms with Gasteiger partial charge in [0.2, 0.25) is 11.7 Å². The fraction of sp³-hybridized carbons (Fsp3) is 0.240. The molecule has 1 fully saturated rings. The first-order valence-electron chi connectivity index (χ1n) is 11.0. The Bertz CT molecular complexity index is 1170. The highest BCUT2D eigenvalue weighted by Gasteiger charge is 2.23. The number of benzene rings is 2. The molecular formula is C25H25N5O2S. The molecule has 0 radical (unpaired) electrons. The van der Waals surface area contributed by atoms with Gasteiger partial charge in [0, 0.05) is 31.9 Å². The van der Waals surface area contributed by atoms with Crippen LogP contribution < -0.4 is 4.90 Å². The lowest BCUT2D eigenvalue weighted by atomic mass is 10.2. The molecule has 1 amide bonds. The van der Waals surface area contributed by atoms with Gasteiger partial charge in [0.1, 0.15) is 0 Å². The van der Waals surface area contributed by atoms with Crippen molar-refractivity contribution in [3.63, 3.8) is 0 Å². The first kappa shape index (κ1) is 21.3. The molecule has 7 nitrogen and oxygen atoms in total. The first-order chi connectivity index (χ1) is 16.3. The number of thioether (sulfide) groups is 1. The minimum absolute atomic E-state index is 0.126. The quantitative estimate of drug-likeness (QED) is 0.389. The van der Waals surface area contributed by atoms with Gasteiger partial charge in [-0.05, 0) is 29.8 Å². The van der Waals surface area contributed by atoms with Gasteiger partial charge in [-0.2, -0.15) is 0 Å². The summed E-state index contributed by atoms with van der Waals surface area (Å²) < 4.78 is 7.58. The molecule has 0 N–H and O–H groups in total. The minimum Gasteiger partial charge on any atom is -0.461 e. The summed E-state index contributed by atoms with van der Waals surface area (Å²) in [5.41, 5.74) is 2.34. The molecule has 0 saturated carbocycles. The topological polar surface area (TPSA) is 67.4 Å². The average molecular weight is 460 g/mol. The van der Waals surface area contributed by atoms with Gasteiger partial charge in [-0.15, -0.1) is 10.2 Å². The second-order valence-electron chi connectivity index (χ2n) is 7.85. The predicted octanol–water partition coefficient (Wildman–Crippen LogP) is 4.03. The summed E-state index contributed by atoms with van der Waals surface area (Å²) in [5, 5.41) is 9.44. The number of furan rings is 1. The van der Waals surface area contributed by atoms with Gasteiger partial charge in [-0.1, -0.05) is 60.3 Å².